The molecule has 0 saturated carbocycles. The lowest BCUT2D eigenvalue weighted by molar-refractivity contribution is 0.285. The Kier molecular flexibility index (Phi) is 7.72. The maximum atomic E-state index is 13.7. The van der Waals surface area contributed by atoms with Crippen molar-refractivity contribution in [1.82, 2.24) is 0 Å². The van der Waals surface area contributed by atoms with Gasteiger partial charge >= 0.3 is 0 Å². The first kappa shape index (κ1) is 21.1. The smallest absolute Gasteiger partial charge is 0.200 e. The van der Waals surface area contributed by atoms with Crippen molar-refractivity contribution in [3.8, 4) is 5.75 Å². The predicted octanol–water partition coefficient (Wildman–Crippen LogP) is 5.84. The minimum atomic E-state index is -1.26. The number of aryl methyl sites for hydroxylation is 1. The molecule has 0 aromatic heterocycles. The molecule has 0 saturated heterocycles. The van der Waals surface area contributed by atoms with Crippen LogP contribution in [0.2, 0.25) is 0 Å². The van der Waals surface area contributed by atoms with Crippen molar-refractivity contribution in [3.63, 3.8) is 0 Å². The molecule has 0 aliphatic rings. The van der Waals surface area contributed by atoms with Gasteiger partial charge in [-0.2, -0.15) is 4.39 Å². The van der Waals surface area contributed by atoms with E-state index < -0.39 is 23.2 Å². The van der Waals surface area contributed by atoms with Crippen LogP contribution < -0.4 is 0 Å². The molecule has 138 valence electrons. The normalized spacial score (nSPS) is 11.5. The highest BCUT2D eigenvalue weighted by Gasteiger charge is 2.12. The minimum Gasteiger partial charge on any atom is -0.505 e. The minimum absolute atomic E-state index is 0.115. The van der Waals surface area contributed by atoms with Crippen LogP contribution in [0.25, 0.3) is 0 Å². The lowest BCUT2D eigenvalue weighted by Gasteiger charge is -2.06. The third kappa shape index (κ3) is 5.84. The first-order valence-corrected chi connectivity index (χ1v) is 7.67. The zero-order valence-corrected chi connectivity index (χ0v) is 14.6. The Balaban J connectivity index is 2.65. The van der Waals surface area contributed by atoms with Gasteiger partial charge in [0.2, 0.25) is 5.82 Å². The second-order valence-corrected chi connectivity index (χ2v) is 5.53. The Morgan fingerprint density at radius 1 is 1.08 bits per heavy atom. The van der Waals surface area contributed by atoms with E-state index in [1.54, 1.807) is 12.2 Å². The molecule has 1 aromatic rings. The van der Waals surface area contributed by atoms with Gasteiger partial charge in [-0.1, -0.05) is 50.1 Å². The van der Waals surface area contributed by atoms with Gasteiger partial charge in [0, 0.05) is 0 Å². The Hall–Kier alpha value is -2.95. The number of methoxy groups -OCH3 is 1. The van der Waals surface area contributed by atoms with Crippen molar-refractivity contribution in [1.29, 1.82) is 0 Å². The molecule has 0 aliphatic heterocycles. The summed E-state index contributed by atoms with van der Waals surface area (Å²) < 4.78 is 45.3. The molecule has 0 heterocycles. The van der Waals surface area contributed by atoms with Crippen molar-refractivity contribution in [2.45, 2.75) is 12.8 Å². The van der Waals surface area contributed by atoms with Gasteiger partial charge in [0.1, 0.15) is 5.76 Å². The predicted molar refractivity (Wildman–Crippen MR) is 98.2 cm³/mol. The van der Waals surface area contributed by atoms with Gasteiger partial charge < -0.3 is 9.84 Å². The van der Waals surface area contributed by atoms with Crippen LogP contribution in [0, 0.1) is 11.6 Å². The topological polar surface area (TPSA) is 29.5 Å². The Labute approximate surface area is 151 Å². The van der Waals surface area contributed by atoms with Crippen molar-refractivity contribution in [2.24, 2.45) is 0 Å². The molecule has 0 aliphatic carbocycles. The fourth-order valence-corrected chi connectivity index (χ4v) is 1.90. The van der Waals surface area contributed by atoms with Gasteiger partial charge in [0.05, 0.1) is 7.11 Å². The van der Waals surface area contributed by atoms with Gasteiger partial charge in [-0.25, -0.2) is 8.78 Å². The van der Waals surface area contributed by atoms with Crippen molar-refractivity contribution in [3.05, 3.63) is 102 Å². The number of rotatable bonds is 9. The molecular formula is C21H21F3O2. The summed E-state index contributed by atoms with van der Waals surface area (Å²) in [6.07, 6.45) is 4.95. The highest BCUT2D eigenvalue weighted by atomic mass is 19.2. The number of hydrogen-bond acceptors (Lipinski definition) is 2. The highest BCUT2D eigenvalue weighted by molar-refractivity contribution is 5.46. The third-order valence-corrected chi connectivity index (χ3v) is 3.60. The molecule has 1 rings (SSSR count). The summed E-state index contributed by atoms with van der Waals surface area (Å²) in [4.78, 5) is 0. The van der Waals surface area contributed by atoms with Crippen LogP contribution in [-0.2, 0) is 11.2 Å². The number of benzene rings is 1. The molecule has 0 fully saturated rings. The van der Waals surface area contributed by atoms with E-state index in [1.807, 2.05) is 0 Å². The van der Waals surface area contributed by atoms with Crippen LogP contribution in [0.4, 0.5) is 13.2 Å². The summed E-state index contributed by atoms with van der Waals surface area (Å²) in [5, 5.41) is 9.11. The van der Waals surface area contributed by atoms with E-state index in [0.717, 1.165) is 12.1 Å². The SMILES string of the molecule is C=C(/C=C\C(=C)C(=C)/C=C(/F)C(=C)OC)CCc1ccc(O)c(F)c1F. The molecule has 5 heteroatoms. The molecule has 0 atom stereocenters. The van der Waals surface area contributed by atoms with E-state index in [4.69, 9.17) is 5.11 Å². The fraction of sp³-hybridized carbons (Fsp3) is 0.143. The fourth-order valence-electron chi connectivity index (χ4n) is 1.90. The van der Waals surface area contributed by atoms with Crippen LogP contribution in [0.5, 0.6) is 5.75 Å². The number of ether oxygens (including phenoxy) is 1. The standard InChI is InChI=1S/C21H21F3O2/c1-13(7-9-17-10-11-19(25)21(24)20(17)23)6-8-14(2)15(3)12-18(22)16(4)26-5/h6,8,10-12,25H,1-4,7,9H2,5H3/b8-6-,18-12+. The van der Waals surface area contributed by atoms with Crippen LogP contribution >= 0.6 is 0 Å². The highest BCUT2D eigenvalue weighted by Crippen LogP contribution is 2.23. The van der Waals surface area contributed by atoms with Crippen LogP contribution in [0.3, 0.4) is 0 Å². The van der Waals surface area contributed by atoms with Gasteiger partial charge in [0.15, 0.2) is 17.4 Å². The average Bonchev–Trinajstić information content (AvgIpc) is 2.62. The quantitative estimate of drug-likeness (QED) is 0.442. The van der Waals surface area contributed by atoms with E-state index in [2.05, 4.69) is 31.1 Å². The van der Waals surface area contributed by atoms with E-state index in [9.17, 15) is 13.2 Å². The summed E-state index contributed by atoms with van der Waals surface area (Å²) in [5.41, 5.74) is 1.56. The number of halogens is 3. The summed E-state index contributed by atoms with van der Waals surface area (Å²) in [6, 6.07) is 2.43. The second-order valence-electron chi connectivity index (χ2n) is 5.53. The van der Waals surface area contributed by atoms with Crippen LogP contribution in [0.15, 0.2) is 85.0 Å². The molecule has 2 nitrogen and oxygen atoms in total. The van der Waals surface area contributed by atoms with E-state index in [-0.39, 0.29) is 17.7 Å². The first-order valence-electron chi connectivity index (χ1n) is 7.67. The second kappa shape index (κ2) is 9.51. The Morgan fingerprint density at radius 3 is 2.35 bits per heavy atom. The van der Waals surface area contributed by atoms with Gasteiger partial charge in [-0.3, -0.25) is 0 Å². The Bertz CT molecular complexity index is 802. The number of allylic oxidation sites excluding steroid dienone is 7. The molecular weight excluding hydrogens is 341 g/mol. The largest absolute Gasteiger partial charge is 0.505 e. The zero-order valence-electron chi connectivity index (χ0n) is 14.6. The number of hydrogen-bond donors (Lipinski definition) is 1. The maximum absolute atomic E-state index is 13.7. The van der Waals surface area contributed by atoms with E-state index in [1.165, 1.54) is 13.2 Å². The van der Waals surface area contributed by atoms with E-state index >= 15 is 0 Å². The Morgan fingerprint density at radius 2 is 1.73 bits per heavy atom. The molecule has 1 N–H and O–H groups in total. The summed E-state index contributed by atoms with van der Waals surface area (Å²) in [7, 11) is 1.31. The maximum Gasteiger partial charge on any atom is 0.200 e. The monoisotopic (exact) mass is 362 g/mol. The molecule has 0 radical (unpaired) electrons. The molecule has 0 unspecified atom stereocenters. The number of aromatic hydroxyl groups is 1. The summed E-state index contributed by atoms with van der Waals surface area (Å²) in [6.45, 7) is 14.7. The lowest BCUT2D eigenvalue weighted by atomic mass is 10.0. The average molecular weight is 362 g/mol. The van der Waals surface area contributed by atoms with Crippen LogP contribution in [-0.4, -0.2) is 12.2 Å². The van der Waals surface area contributed by atoms with Gasteiger partial charge in [0.25, 0.3) is 0 Å². The summed E-state index contributed by atoms with van der Waals surface area (Å²) in [5.74, 6) is -3.83. The molecule has 26 heavy (non-hydrogen) atoms. The van der Waals surface area contributed by atoms with Crippen molar-refractivity contribution in [2.75, 3.05) is 7.11 Å². The van der Waals surface area contributed by atoms with Crippen molar-refractivity contribution < 1.29 is 23.0 Å². The van der Waals surface area contributed by atoms with Crippen molar-refractivity contribution >= 4 is 0 Å². The first-order chi connectivity index (χ1) is 12.2. The zero-order chi connectivity index (χ0) is 19.9. The van der Waals surface area contributed by atoms with Gasteiger partial charge in [-0.05, 0) is 41.7 Å². The van der Waals surface area contributed by atoms with Crippen LogP contribution in [0.1, 0.15) is 12.0 Å². The molecule has 0 bridgehead atoms. The summed E-state index contributed by atoms with van der Waals surface area (Å²) >= 11 is 0. The third-order valence-electron chi connectivity index (χ3n) is 3.60. The lowest BCUT2D eigenvalue weighted by Crippen LogP contribution is -1.95. The van der Waals surface area contributed by atoms with Gasteiger partial charge in [-0.15, -0.1) is 0 Å². The molecule has 0 amide bonds. The molecule has 0 spiro atoms. The van der Waals surface area contributed by atoms with E-state index in [0.29, 0.717) is 23.1 Å². The molecule has 1 aromatic carbocycles. The number of phenolic OH excluding ortho intramolecular Hbond substituents is 1. The number of phenols is 1.